The van der Waals surface area contributed by atoms with E-state index in [0.29, 0.717) is 36.2 Å². The van der Waals surface area contributed by atoms with E-state index in [9.17, 15) is 10.4 Å². The standard InChI is InChI=1S/C28H28N8O2/c1-34-27-23(14-32-34)11-22(13-31-27)26-25(21-6-4-19(12-29)5-7-21)33-28(24-15-30-18-36(24)26)38-17-20-3-2-8-35(16-20)9-10-37/h4-7,11,13-15,18,20,37H,2-3,8-10,16-17H2,1H3/t20-/m1/s1. The summed E-state index contributed by atoms with van der Waals surface area (Å²) in [5.74, 6) is 0.871. The molecule has 0 unspecified atom stereocenters. The maximum absolute atomic E-state index is 9.34. The van der Waals surface area contributed by atoms with Crippen molar-refractivity contribution in [2.45, 2.75) is 12.8 Å². The molecule has 1 aliphatic rings. The molecule has 4 aromatic heterocycles. The lowest BCUT2D eigenvalue weighted by atomic mass is 9.99. The number of imidazole rings is 1. The normalized spacial score (nSPS) is 16.2. The first-order valence-electron chi connectivity index (χ1n) is 12.8. The number of nitriles is 1. The van der Waals surface area contributed by atoms with Crippen LogP contribution < -0.4 is 4.74 Å². The summed E-state index contributed by atoms with van der Waals surface area (Å²) < 4.78 is 10.1. The maximum atomic E-state index is 9.34. The number of aromatic nitrogens is 6. The first-order chi connectivity index (χ1) is 18.6. The molecule has 0 saturated carbocycles. The van der Waals surface area contributed by atoms with Gasteiger partial charge in [0.1, 0.15) is 5.52 Å². The lowest BCUT2D eigenvalue weighted by Crippen LogP contribution is -2.39. The fourth-order valence-corrected chi connectivity index (χ4v) is 5.24. The fraction of sp³-hybridized carbons (Fsp3) is 0.321. The number of aliphatic hydroxyl groups is 1. The largest absolute Gasteiger partial charge is 0.476 e. The average Bonchev–Trinajstić information content (AvgIpc) is 3.59. The van der Waals surface area contributed by atoms with Gasteiger partial charge in [0.15, 0.2) is 5.65 Å². The molecular formula is C28H28N8O2. The van der Waals surface area contributed by atoms with Crippen LogP contribution in [0.4, 0.5) is 0 Å². The molecule has 0 radical (unpaired) electrons. The maximum Gasteiger partial charge on any atom is 0.240 e. The van der Waals surface area contributed by atoms with E-state index in [-0.39, 0.29) is 6.61 Å². The number of likely N-dealkylation sites (tertiary alicyclic amines) is 1. The number of fused-ring (bicyclic) bond motifs is 2. The Balaban J connectivity index is 1.44. The van der Waals surface area contributed by atoms with E-state index >= 15 is 0 Å². The minimum Gasteiger partial charge on any atom is -0.476 e. The number of ether oxygens (including phenoxy) is 1. The van der Waals surface area contributed by atoms with Gasteiger partial charge in [-0.3, -0.25) is 9.08 Å². The Morgan fingerprint density at radius 2 is 2.03 bits per heavy atom. The number of aliphatic hydroxyl groups excluding tert-OH is 1. The van der Waals surface area contributed by atoms with Gasteiger partial charge in [-0.15, -0.1) is 0 Å². The summed E-state index contributed by atoms with van der Waals surface area (Å²) >= 11 is 0. The van der Waals surface area contributed by atoms with Crippen molar-refractivity contribution in [1.82, 2.24) is 34.0 Å². The number of rotatable bonds is 7. The van der Waals surface area contributed by atoms with Crippen molar-refractivity contribution >= 4 is 16.6 Å². The zero-order valence-corrected chi connectivity index (χ0v) is 21.2. The van der Waals surface area contributed by atoms with Gasteiger partial charge in [-0.1, -0.05) is 12.1 Å². The number of pyridine rings is 1. The Hall–Kier alpha value is -4.33. The number of piperidine rings is 1. The average molecular weight is 509 g/mol. The Labute approximate surface area is 219 Å². The molecule has 1 fully saturated rings. The van der Waals surface area contributed by atoms with Crippen LogP contribution >= 0.6 is 0 Å². The predicted molar refractivity (Wildman–Crippen MR) is 142 cm³/mol. The van der Waals surface area contributed by atoms with Gasteiger partial charge >= 0.3 is 0 Å². The molecule has 6 rings (SSSR count). The molecule has 38 heavy (non-hydrogen) atoms. The molecule has 1 N–H and O–H groups in total. The summed E-state index contributed by atoms with van der Waals surface area (Å²) in [5, 5.41) is 23.9. The Bertz CT molecular complexity index is 1630. The van der Waals surface area contributed by atoms with Crippen LogP contribution in [0.3, 0.4) is 0 Å². The predicted octanol–water partition coefficient (Wildman–Crippen LogP) is 3.30. The number of aryl methyl sites for hydroxylation is 1. The van der Waals surface area contributed by atoms with Gasteiger partial charge < -0.3 is 14.7 Å². The van der Waals surface area contributed by atoms with Crippen LogP contribution in [0.2, 0.25) is 0 Å². The summed E-state index contributed by atoms with van der Waals surface area (Å²) in [7, 11) is 1.87. The van der Waals surface area contributed by atoms with E-state index in [0.717, 1.165) is 59.3 Å². The highest BCUT2D eigenvalue weighted by molar-refractivity contribution is 5.86. The van der Waals surface area contributed by atoms with Crippen LogP contribution in [0.15, 0.2) is 55.2 Å². The molecule has 0 bridgehead atoms. The summed E-state index contributed by atoms with van der Waals surface area (Å²) in [5.41, 5.74) is 5.43. The third-order valence-corrected chi connectivity index (χ3v) is 7.14. The van der Waals surface area contributed by atoms with E-state index in [1.807, 2.05) is 29.8 Å². The summed E-state index contributed by atoms with van der Waals surface area (Å²) in [6, 6.07) is 11.6. The lowest BCUT2D eigenvalue weighted by Gasteiger charge is -2.32. The van der Waals surface area contributed by atoms with Gasteiger partial charge in [-0.2, -0.15) is 10.4 Å². The van der Waals surface area contributed by atoms with Crippen LogP contribution in [-0.2, 0) is 7.05 Å². The van der Waals surface area contributed by atoms with Gasteiger partial charge in [0.25, 0.3) is 0 Å². The minimum atomic E-state index is 0.167. The smallest absolute Gasteiger partial charge is 0.240 e. The zero-order chi connectivity index (χ0) is 26.1. The van der Waals surface area contributed by atoms with Crippen LogP contribution in [0, 0.1) is 17.2 Å². The number of hydrogen-bond donors (Lipinski definition) is 1. The molecule has 1 atom stereocenters. The number of benzene rings is 1. The molecule has 0 spiro atoms. The van der Waals surface area contributed by atoms with E-state index < -0.39 is 0 Å². The highest BCUT2D eigenvalue weighted by Crippen LogP contribution is 2.36. The molecule has 5 aromatic rings. The van der Waals surface area contributed by atoms with Crippen LogP contribution in [-0.4, -0.2) is 72.0 Å². The van der Waals surface area contributed by atoms with Crippen molar-refractivity contribution in [2.75, 3.05) is 32.8 Å². The highest BCUT2D eigenvalue weighted by Gasteiger charge is 2.23. The monoisotopic (exact) mass is 508 g/mol. The van der Waals surface area contributed by atoms with E-state index in [1.54, 1.807) is 35.5 Å². The van der Waals surface area contributed by atoms with Crippen molar-refractivity contribution in [2.24, 2.45) is 13.0 Å². The molecule has 10 nitrogen and oxygen atoms in total. The highest BCUT2D eigenvalue weighted by atomic mass is 16.5. The minimum absolute atomic E-state index is 0.167. The SMILES string of the molecule is Cn1ncc2cc(-c3c(-c4ccc(C#N)cc4)nc(OC[C@@H]4CCCN(CCO)C4)c4cncn34)cnc21. The molecular weight excluding hydrogens is 480 g/mol. The second-order valence-electron chi connectivity index (χ2n) is 9.70. The van der Waals surface area contributed by atoms with Crippen LogP contribution in [0.1, 0.15) is 18.4 Å². The number of β-amino-alcohol motifs (C(OH)–C–C–N with tert-alkyl or cyclic N) is 1. The van der Waals surface area contributed by atoms with E-state index in [1.165, 1.54) is 0 Å². The van der Waals surface area contributed by atoms with Gasteiger partial charge in [0, 0.05) is 48.8 Å². The lowest BCUT2D eigenvalue weighted by molar-refractivity contribution is 0.110. The van der Waals surface area contributed by atoms with Crippen LogP contribution in [0.25, 0.3) is 39.1 Å². The van der Waals surface area contributed by atoms with E-state index in [2.05, 4.69) is 32.1 Å². The summed E-state index contributed by atoms with van der Waals surface area (Å²) in [6.07, 6.45) is 9.32. The van der Waals surface area contributed by atoms with Gasteiger partial charge in [-0.25, -0.2) is 15.0 Å². The van der Waals surface area contributed by atoms with Crippen molar-refractivity contribution in [3.63, 3.8) is 0 Å². The Morgan fingerprint density at radius 3 is 2.84 bits per heavy atom. The molecule has 1 aromatic carbocycles. The topological polar surface area (TPSA) is 117 Å². The first-order valence-corrected chi connectivity index (χ1v) is 12.8. The van der Waals surface area contributed by atoms with Gasteiger partial charge in [0.2, 0.25) is 5.88 Å². The molecule has 10 heteroatoms. The first kappa shape index (κ1) is 24.0. The summed E-state index contributed by atoms with van der Waals surface area (Å²) in [4.78, 5) is 16.4. The Kier molecular flexibility index (Phi) is 6.45. The van der Waals surface area contributed by atoms with Gasteiger partial charge in [0.05, 0.1) is 55.0 Å². The second-order valence-corrected chi connectivity index (χ2v) is 9.70. The number of hydrogen-bond acceptors (Lipinski definition) is 8. The molecule has 1 aliphatic heterocycles. The molecule has 0 aliphatic carbocycles. The van der Waals surface area contributed by atoms with E-state index in [4.69, 9.17) is 9.72 Å². The fourth-order valence-electron chi connectivity index (χ4n) is 5.24. The van der Waals surface area contributed by atoms with Gasteiger partial charge in [-0.05, 0) is 37.6 Å². The third kappa shape index (κ3) is 4.47. The van der Waals surface area contributed by atoms with Crippen molar-refractivity contribution < 1.29 is 9.84 Å². The second kappa shape index (κ2) is 10.2. The van der Waals surface area contributed by atoms with Crippen molar-refractivity contribution in [3.8, 4) is 34.5 Å². The van der Waals surface area contributed by atoms with Crippen LogP contribution in [0.5, 0.6) is 5.88 Å². The molecule has 192 valence electrons. The molecule has 1 saturated heterocycles. The zero-order valence-electron chi connectivity index (χ0n) is 21.2. The summed E-state index contributed by atoms with van der Waals surface area (Å²) in [6.45, 7) is 3.29. The Morgan fingerprint density at radius 1 is 1.16 bits per heavy atom. The van der Waals surface area contributed by atoms with Crippen molar-refractivity contribution in [3.05, 3.63) is 60.8 Å². The molecule has 0 amide bonds. The van der Waals surface area contributed by atoms with Crippen molar-refractivity contribution in [1.29, 1.82) is 5.26 Å². The third-order valence-electron chi connectivity index (χ3n) is 7.14. The number of nitrogens with zero attached hydrogens (tertiary/aromatic N) is 8. The quantitative estimate of drug-likeness (QED) is 0.356. The molecule has 5 heterocycles.